The molecule has 4 aromatic rings. The topological polar surface area (TPSA) is 136 Å². The van der Waals surface area contributed by atoms with Crippen molar-refractivity contribution in [2.75, 3.05) is 12.3 Å². The van der Waals surface area contributed by atoms with Crippen LogP contribution in [0.15, 0.2) is 95.9 Å². The average Bonchev–Trinajstić information content (AvgIpc) is 2.95. The Morgan fingerprint density at radius 1 is 0.816 bits per heavy atom. The zero-order chi connectivity index (χ0) is 26.9. The number of ketones is 1. The Hall–Kier alpha value is -5.05. The number of rotatable bonds is 10. The van der Waals surface area contributed by atoms with Crippen LogP contribution in [0.25, 0.3) is 11.4 Å². The predicted octanol–water partition coefficient (Wildman–Crippen LogP) is 2.81. The van der Waals surface area contributed by atoms with Crippen molar-refractivity contribution >= 4 is 23.3 Å². The number of benzene rings is 3. The first kappa shape index (κ1) is 26.0. The second kappa shape index (κ2) is 12.3. The lowest BCUT2D eigenvalue weighted by molar-refractivity contribution is -0.121. The number of carbonyl (C=O) groups is 3. The summed E-state index contributed by atoms with van der Waals surface area (Å²) in [5, 5.41) is 5.50. The molecule has 0 saturated carbocycles. The van der Waals surface area contributed by atoms with Crippen LogP contribution in [0.2, 0.25) is 0 Å². The number of carbonyl (C=O) groups excluding carboxylic acids is 3. The number of nitrogens with two attached hydrogens (primary N) is 1. The predicted molar refractivity (Wildman–Crippen MR) is 144 cm³/mol. The van der Waals surface area contributed by atoms with E-state index in [0.717, 1.165) is 5.56 Å². The summed E-state index contributed by atoms with van der Waals surface area (Å²) in [6.07, 6.45) is 1.25. The minimum absolute atomic E-state index is 0.0235. The second-order valence-electron chi connectivity index (χ2n) is 8.53. The number of Topliss-reactive ketones (excluding diaryl/α,β-unsaturated/α-hetero) is 1. The van der Waals surface area contributed by atoms with Gasteiger partial charge in [0.15, 0.2) is 5.78 Å². The number of hydrogen-bond donors (Lipinski definition) is 3. The van der Waals surface area contributed by atoms with E-state index in [1.54, 1.807) is 48.5 Å². The molecule has 0 atom stereocenters. The maximum Gasteiger partial charge on any atom is 0.277 e. The Morgan fingerprint density at radius 2 is 1.45 bits per heavy atom. The van der Waals surface area contributed by atoms with Gasteiger partial charge in [-0.05, 0) is 11.6 Å². The number of nitrogens with zero attached hydrogens (tertiary/aromatic N) is 2. The van der Waals surface area contributed by atoms with Gasteiger partial charge in [0.1, 0.15) is 18.1 Å². The van der Waals surface area contributed by atoms with Crippen molar-refractivity contribution in [3.63, 3.8) is 0 Å². The van der Waals surface area contributed by atoms with Gasteiger partial charge in [0.05, 0.1) is 11.8 Å². The molecule has 1 heterocycles. The van der Waals surface area contributed by atoms with E-state index >= 15 is 0 Å². The largest absolute Gasteiger partial charge is 0.393 e. The van der Waals surface area contributed by atoms with Crippen LogP contribution in [-0.2, 0) is 17.9 Å². The number of nitrogen functional groups attached to an aromatic ring is 1. The number of hydrogen-bond acceptors (Lipinski definition) is 6. The van der Waals surface area contributed by atoms with Gasteiger partial charge in [-0.15, -0.1) is 0 Å². The van der Waals surface area contributed by atoms with Gasteiger partial charge in [-0.1, -0.05) is 78.9 Å². The summed E-state index contributed by atoms with van der Waals surface area (Å²) in [5.41, 5.74) is 7.28. The molecule has 0 aliphatic carbocycles. The third kappa shape index (κ3) is 6.38. The monoisotopic (exact) mass is 509 g/mol. The lowest BCUT2D eigenvalue weighted by atomic mass is 10.0. The quantitative estimate of drug-likeness (QED) is 0.281. The summed E-state index contributed by atoms with van der Waals surface area (Å²) in [5.74, 6) is -0.808. The summed E-state index contributed by atoms with van der Waals surface area (Å²) in [6, 6.07) is 25.0. The molecule has 3 aromatic carbocycles. The lowest BCUT2D eigenvalue weighted by Gasteiger charge is -2.13. The van der Waals surface area contributed by atoms with Gasteiger partial charge in [0, 0.05) is 30.6 Å². The Labute approximate surface area is 219 Å². The molecule has 0 spiro atoms. The van der Waals surface area contributed by atoms with Gasteiger partial charge in [-0.3, -0.25) is 23.7 Å². The molecule has 0 aliphatic rings. The van der Waals surface area contributed by atoms with Crippen molar-refractivity contribution in [2.24, 2.45) is 0 Å². The van der Waals surface area contributed by atoms with Gasteiger partial charge in [0.2, 0.25) is 5.91 Å². The SMILES string of the molecule is Nc1cnc(-c2ccccc2)n(CC(=O)NCCC(=O)c2ccccc2C(=O)NCc2ccccc2)c1=O. The lowest BCUT2D eigenvalue weighted by Crippen LogP contribution is -2.35. The highest BCUT2D eigenvalue weighted by molar-refractivity contribution is 6.08. The Bertz CT molecular complexity index is 1500. The summed E-state index contributed by atoms with van der Waals surface area (Å²) < 4.78 is 1.20. The van der Waals surface area contributed by atoms with Crippen molar-refractivity contribution in [1.29, 1.82) is 0 Å². The van der Waals surface area contributed by atoms with Crippen molar-refractivity contribution in [3.8, 4) is 11.4 Å². The standard InChI is InChI=1S/C29H27N5O4/c30-24-18-32-27(21-11-5-2-6-12-21)34(29(24)38)19-26(36)31-16-15-25(35)22-13-7-8-14-23(22)28(37)33-17-20-9-3-1-4-10-20/h1-14,18H,15-17,19,30H2,(H,31,36)(H,33,37). The van der Waals surface area contributed by atoms with Crippen LogP contribution < -0.4 is 21.9 Å². The number of aromatic nitrogens is 2. The molecule has 0 aliphatic heterocycles. The van der Waals surface area contributed by atoms with E-state index in [0.29, 0.717) is 17.9 Å². The first-order valence-electron chi connectivity index (χ1n) is 12.1. The summed E-state index contributed by atoms with van der Waals surface area (Å²) in [4.78, 5) is 55.2. The number of amides is 2. The highest BCUT2D eigenvalue weighted by atomic mass is 16.2. The highest BCUT2D eigenvalue weighted by Gasteiger charge is 2.18. The van der Waals surface area contributed by atoms with Gasteiger partial charge >= 0.3 is 0 Å². The number of nitrogens with one attached hydrogen (secondary N) is 2. The molecule has 0 fully saturated rings. The molecule has 38 heavy (non-hydrogen) atoms. The fourth-order valence-electron chi connectivity index (χ4n) is 3.92. The van der Waals surface area contributed by atoms with Crippen molar-refractivity contribution < 1.29 is 14.4 Å². The average molecular weight is 510 g/mol. The van der Waals surface area contributed by atoms with Crippen LogP contribution in [0.5, 0.6) is 0 Å². The third-order valence-corrected chi connectivity index (χ3v) is 5.85. The van der Waals surface area contributed by atoms with Crippen molar-refractivity contribution in [1.82, 2.24) is 20.2 Å². The smallest absolute Gasteiger partial charge is 0.277 e. The molecule has 1 aromatic heterocycles. The first-order valence-corrected chi connectivity index (χ1v) is 12.1. The minimum atomic E-state index is -0.527. The van der Waals surface area contributed by atoms with Crippen LogP contribution in [0.3, 0.4) is 0 Å². The molecule has 0 radical (unpaired) electrons. The molecule has 0 bridgehead atoms. The molecular formula is C29H27N5O4. The molecule has 9 nitrogen and oxygen atoms in total. The van der Waals surface area contributed by atoms with E-state index in [9.17, 15) is 19.2 Å². The molecule has 4 rings (SSSR count). The van der Waals surface area contributed by atoms with Crippen LogP contribution in [0.1, 0.15) is 32.7 Å². The Balaban J connectivity index is 1.37. The number of anilines is 1. The minimum Gasteiger partial charge on any atom is -0.393 e. The molecule has 2 amide bonds. The summed E-state index contributed by atoms with van der Waals surface area (Å²) in [7, 11) is 0. The van der Waals surface area contributed by atoms with Crippen LogP contribution >= 0.6 is 0 Å². The van der Waals surface area contributed by atoms with E-state index in [1.165, 1.54) is 10.8 Å². The molecule has 0 saturated heterocycles. The summed E-state index contributed by atoms with van der Waals surface area (Å²) in [6.45, 7) is 0.0536. The Kier molecular flexibility index (Phi) is 8.40. The molecule has 9 heteroatoms. The molecule has 0 unspecified atom stereocenters. The van der Waals surface area contributed by atoms with Crippen LogP contribution in [0, 0.1) is 0 Å². The van der Waals surface area contributed by atoms with E-state index < -0.39 is 11.5 Å². The van der Waals surface area contributed by atoms with Gasteiger partial charge < -0.3 is 16.4 Å². The van der Waals surface area contributed by atoms with Crippen molar-refractivity contribution in [2.45, 2.75) is 19.5 Å². The third-order valence-electron chi connectivity index (χ3n) is 5.85. The maximum absolute atomic E-state index is 12.9. The molecule has 192 valence electrons. The zero-order valence-electron chi connectivity index (χ0n) is 20.6. The summed E-state index contributed by atoms with van der Waals surface area (Å²) >= 11 is 0. The van der Waals surface area contributed by atoms with Gasteiger partial charge in [-0.2, -0.15) is 0 Å². The van der Waals surface area contributed by atoms with E-state index in [1.807, 2.05) is 36.4 Å². The first-order chi connectivity index (χ1) is 18.4. The van der Waals surface area contributed by atoms with Crippen molar-refractivity contribution in [3.05, 3.63) is 118 Å². The second-order valence-corrected chi connectivity index (χ2v) is 8.53. The Morgan fingerprint density at radius 3 is 2.16 bits per heavy atom. The zero-order valence-corrected chi connectivity index (χ0v) is 20.6. The van der Waals surface area contributed by atoms with E-state index in [4.69, 9.17) is 5.73 Å². The maximum atomic E-state index is 12.9. The van der Waals surface area contributed by atoms with E-state index in [2.05, 4.69) is 15.6 Å². The van der Waals surface area contributed by atoms with Crippen LogP contribution in [0.4, 0.5) is 5.69 Å². The fourth-order valence-corrected chi connectivity index (χ4v) is 3.92. The molecular weight excluding hydrogens is 482 g/mol. The van der Waals surface area contributed by atoms with Gasteiger partial charge in [0.25, 0.3) is 11.5 Å². The van der Waals surface area contributed by atoms with Gasteiger partial charge in [-0.25, -0.2) is 4.98 Å². The highest BCUT2D eigenvalue weighted by Crippen LogP contribution is 2.16. The molecule has 4 N–H and O–H groups in total. The fraction of sp³-hybridized carbons (Fsp3) is 0.138. The normalized spacial score (nSPS) is 10.5. The van der Waals surface area contributed by atoms with Crippen LogP contribution in [-0.4, -0.2) is 33.7 Å². The van der Waals surface area contributed by atoms with E-state index in [-0.39, 0.29) is 48.0 Å².